The van der Waals surface area contributed by atoms with Gasteiger partial charge in [-0.2, -0.15) is 12.6 Å². The van der Waals surface area contributed by atoms with Crippen molar-refractivity contribution in [3.63, 3.8) is 0 Å². The van der Waals surface area contributed by atoms with Crippen LogP contribution < -0.4 is 0 Å². The van der Waals surface area contributed by atoms with Crippen LogP contribution in [-0.2, 0) is 11.2 Å². The second-order valence-electron chi connectivity index (χ2n) is 2.41. The number of carboxylic acid groups (broad SMARTS) is 1. The molecule has 1 heterocycles. The van der Waals surface area contributed by atoms with Gasteiger partial charge in [-0.25, -0.2) is 0 Å². The van der Waals surface area contributed by atoms with Crippen LogP contribution in [0, 0.1) is 0 Å². The zero-order valence-electron chi connectivity index (χ0n) is 6.34. The van der Waals surface area contributed by atoms with Crippen LogP contribution in [0.2, 0.25) is 0 Å². The molecule has 64 valence electrons. The lowest BCUT2D eigenvalue weighted by Gasteiger charge is -2.03. The normalized spacial score (nSPS) is 12.4. The first-order valence-corrected chi connectivity index (χ1v) is 4.01. The van der Waals surface area contributed by atoms with Crippen LogP contribution in [0.1, 0.15) is 5.56 Å². The summed E-state index contributed by atoms with van der Waals surface area (Å²) in [6.07, 6.45) is 3.70. The summed E-state index contributed by atoms with van der Waals surface area (Å²) in [5.41, 5.74) is 0.937. The molecule has 0 aliphatic carbocycles. The minimum Gasteiger partial charge on any atom is -0.480 e. The topological polar surface area (TPSA) is 50.2 Å². The summed E-state index contributed by atoms with van der Waals surface area (Å²) in [6.45, 7) is 0. The van der Waals surface area contributed by atoms with Crippen LogP contribution in [-0.4, -0.2) is 21.3 Å². The Morgan fingerprint density at radius 1 is 1.58 bits per heavy atom. The van der Waals surface area contributed by atoms with E-state index < -0.39 is 11.2 Å². The molecule has 0 radical (unpaired) electrons. The van der Waals surface area contributed by atoms with Gasteiger partial charge < -0.3 is 5.11 Å². The zero-order chi connectivity index (χ0) is 8.97. The standard InChI is InChI=1S/C8H9NO2S/c10-8(11)7(12)5-6-1-3-9-4-2-6/h1-4,7,12H,5H2,(H,10,11). The fourth-order valence-electron chi connectivity index (χ4n) is 0.829. The van der Waals surface area contributed by atoms with Gasteiger partial charge in [0.25, 0.3) is 0 Å². The van der Waals surface area contributed by atoms with Crippen molar-refractivity contribution >= 4 is 18.6 Å². The van der Waals surface area contributed by atoms with E-state index in [9.17, 15) is 4.79 Å². The highest BCUT2D eigenvalue weighted by atomic mass is 32.1. The number of aliphatic carboxylic acids is 1. The Morgan fingerprint density at radius 2 is 2.17 bits per heavy atom. The van der Waals surface area contributed by atoms with Gasteiger partial charge in [0, 0.05) is 12.4 Å². The number of thiol groups is 1. The minimum atomic E-state index is -0.893. The summed E-state index contributed by atoms with van der Waals surface area (Å²) in [7, 11) is 0. The van der Waals surface area contributed by atoms with Crippen molar-refractivity contribution in [2.24, 2.45) is 0 Å². The van der Waals surface area contributed by atoms with E-state index in [2.05, 4.69) is 17.6 Å². The third-order valence-corrected chi connectivity index (χ3v) is 1.87. The zero-order valence-corrected chi connectivity index (χ0v) is 7.24. The fourth-order valence-corrected chi connectivity index (χ4v) is 1.04. The van der Waals surface area contributed by atoms with Crippen LogP contribution in [0.25, 0.3) is 0 Å². The van der Waals surface area contributed by atoms with Crippen molar-refractivity contribution in [2.45, 2.75) is 11.7 Å². The Labute approximate surface area is 75.9 Å². The quantitative estimate of drug-likeness (QED) is 0.687. The maximum Gasteiger partial charge on any atom is 0.316 e. The van der Waals surface area contributed by atoms with E-state index in [0.29, 0.717) is 6.42 Å². The summed E-state index contributed by atoms with van der Waals surface area (Å²) in [4.78, 5) is 14.2. The molecule has 0 amide bonds. The van der Waals surface area contributed by atoms with E-state index in [4.69, 9.17) is 5.11 Å². The number of hydrogen-bond donors (Lipinski definition) is 2. The fraction of sp³-hybridized carbons (Fsp3) is 0.250. The Balaban J connectivity index is 2.58. The SMILES string of the molecule is O=C(O)C(S)Cc1ccncc1. The van der Waals surface area contributed by atoms with Gasteiger partial charge in [0.05, 0.1) is 0 Å². The monoisotopic (exact) mass is 183 g/mol. The average molecular weight is 183 g/mol. The molecule has 1 atom stereocenters. The Bertz CT molecular complexity index is 263. The van der Waals surface area contributed by atoms with Crippen LogP contribution in [0.5, 0.6) is 0 Å². The smallest absolute Gasteiger partial charge is 0.316 e. The summed E-state index contributed by atoms with van der Waals surface area (Å²) in [5, 5.41) is 7.92. The lowest BCUT2D eigenvalue weighted by molar-refractivity contribution is -0.136. The van der Waals surface area contributed by atoms with Crippen molar-refractivity contribution in [2.75, 3.05) is 0 Å². The molecule has 3 nitrogen and oxygen atoms in total. The molecule has 0 saturated carbocycles. The molecule has 0 saturated heterocycles. The third kappa shape index (κ3) is 2.54. The molecule has 0 spiro atoms. The number of carbonyl (C=O) groups is 1. The van der Waals surface area contributed by atoms with E-state index in [-0.39, 0.29) is 0 Å². The molecule has 1 unspecified atom stereocenters. The van der Waals surface area contributed by atoms with Gasteiger partial charge in [-0.15, -0.1) is 0 Å². The minimum absolute atomic E-state index is 0.432. The van der Waals surface area contributed by atoms with Gasteiger partial charge in [0.2, 0.25) is 0 Å². The molecule has 0 aliphatic rings. The number of rotatable bonds is 3. The van der Waals surface area contributed by atoms with Crippen LogP contribution >= 0.6 is 12.6 Å². The molecule has 1 aromatic rings. The number of carboxylic acids is 1. The number of hydrogen-bond acceptors (Lipinski definition) is 3. The molecule has 1 aromatic heterocycles. The maximum absolute atomic E-state index is 10.4. The molecule has 0 bridgehead atoms. The molecule has 0 aliphatic heterocycles. The Morgan fingerprint density at radius 3 is 2.67 bits per heavy atom. The maximum atomic E-state index is 10.4. The summed E-state index contributed by atoms with van der Waals surface area (Å²) in [6, 6.07) is 3.57. The predicted molar refractivity (Wildman–Crippen MR) is 48.4 cm³/mol. The molecule has 12 heavy (non-hydrogen) atoms. The molecule has 1 N–H and O–H groups in total. The van der Waals surface area contributed by atoms with Crippen molar-refractivity contribution < 1.29 is 9.90 Å². The van der Waals surface area contributed by atoms with Crippen molar-refractivity contribution in [1.82, 2.24) is 4.98 Å². The van der Waals surface area contributed by atoms with Gasteiger partial charge in [-0.1, -0.05) is 0 Å². The second-order valence-corrected chi connectivity index (χ2v) is 3.04. The van der Waals surface area contributed by atoms with Gasteiger partial charge in [0.1, 0.15) is 5.25 Å². The van der Waals surface area contributed by atoms with Crippen LogP contribution in [0.3, 0.4) is 0 Å². The van der Waals surface area contributed by atoms with Gasteiger partial charge in [0.15, 0.2) is 0 Å². The van der Waals surface area contributed by atoms with Gasteiger partial charge in [-0.3, -0.25) is 9.78 Å². The van der Waals surface area contributed by atoms with E-state index in [1.165, 1.54) is 0 Å². The Kier molecular flexibility index (Phi) is 3.10. The highest BCUT2D eigenvalue weighted by molar-refractivity contribution is 7.81. The number of nitrogens with zero attached hydrogens (tertiary/aromatic N) is 1. The molecule has 1 rings (SSSR count). The lowest BCUT2D eigenvalue weighted by Crippen LogP contribution is -2.15. The van der Waals surface area contributed by atoms with Crippen LogP contribution in [0.15, 0.2) is 24.5 Å². The second kappa shape index (κ2) is 4.11. The molecule has 0 aromatic carbocycles. The highest BCUT2D eigenvalue weighted by Crippen LogP contribution is 2.06. The largest absolute Gasteiger partial charge is 0.480 e. The van der Waals surface area contributed by atoms with E-state index in [1.54, 1.807) is 24.5 Å². The molecule has 4 heteroatoms. The average Bonchev–Trinajstić information content (AvgIpc) is 2.06. The van der Waals surface area contributed by atoms with Crippen molar-refractivity contribution in [1.29, 1.82) is 0 Å². The van der Waals surface area contributed by atoms with Crippen molar-refractivity contribution in [3.8, 4) is 0 Å². The molecular weight excluding hydrogens is 174 g/mol. The number of aromatic nitrogens is 1. The van der Waals surface area contributed by atoms with Gasteiger partial charge in [-0.05, 0) is 24.1 Å². The predicted octanol–water partition coefficient (Wildman–Crippen LogP) is 1.01. The van der Waals surface area contributed by atoms with E-state index in [1.807, 2.05) is 0 Å². The number of pyridine rings is 1. The third-order valence-electron chi connectivity index (χ3n) is 1.46. The summed E-state index contributed by atoms with van der Waals surface area (Å²) >= 11 is 3.92. The first kappa shape index (κ1) is 9.06. The van der Waals surface area contributed by atoms with E-state index in [0.717, 1.165) is 5.56 Å². The summed E-state index contributed by atoms with van der Waals surface area (Å²) in [5.74, 6) is -0.893. The highest BCUT2D eigenvalue weighted by Gasteiger charge is 2.11. The van der Waals surface area contributed by atoms with Gasteiger partial charge >= 0.3 is 5.97 Å². The first-order chi connectivity index (χ1) is 5.70. The first-order valence-electron chi connectivity index (χ1n) is 3.50. The lowest BCUT2D eigenvalue weighted by atomic mass is 10.1. The summed E-state index contributed by atoms with van der Waals surface area (Å²) < 4.78 is 0. The molecule has 0 fully saturated rings. The van der Waals surface area contributed by atoms with E-state index >= 15 is 0 Å². The van der Waals surface area contributed by atoms with Crippen molar-refractivity contribution in [3.05, 3.63) is 30.1 Å². The van der Waals surface area contributed by atoms with Crippen LogP contribution in [0.4, 0.5) is 0 Å². The molecular formula is C8H9NO2S. The Hall–Kier alpha value is -1.03.